The standard InChI is InChI=1S/C12H22N2O2/c1-8(11(15)14-10-6-7-10)13-9(2)16-12(3,4)5/h8,10H,6-7H2,1-5H3,(H,14,15). The maximum absolute atomic E-state index is 11.6. The van der Waals surface area contributed by atoms with Crippen LogP contribution in [0.25, 0.3) is 0 Å². The van der Waals surface area contributed by atoms with E-state index in [1.165, 1.54) is 0 Å². The number of nitrogens with zero attached hydrogens (tertiary/aromatic N) is 1. The molecule has 1 fully saturated rings. The highest BCUT2D eigenvalue weighted by molar-refractivity contribution is 5.85. The fourth-order valence-electron chi connectivity index (χ4n) is 1.35. The Labute approximate surface area is 97.5 Å². The molecule has 1 aliphatic rings. The molecule has 0 aromatic carbocycles. The largest absolute Gasteiger partial charge is 0.476 e. The Morgan fingerprint density at radius 3 is 2.44 bits per heavy atom. The van der Waals surface area contributed by atoms with Crippen molar-refractivity contribution >= 4 is 11.8 Å². The molecule has 0 aromatic heterocycles. The Balaban J connectivity index is 2.43. The summed E-state index contributed by atoms with van der Waals surface area (Å²) in [5.74, 6) is 0.547. The van der Waals surface area contributed by atoms with Crippen LogP contribution in [0.5, 0.6) is 0 Å². The minimum atomic E-state index is -0.372. The third-order valence-electron chi connectivity index (χ3n) is 2.13. The predicted octanol–water partition coefficient (Wildman–Crippen LogP) is 1.89. The molecule has 1 amide bonds. The molecule has 0 spiro atoms. The zero-order valence-electron chi connectivity index (χ0n) is 10.8. The van der Waals surface area contributed by atoms with Gasteiger partial charge in [-0.15, -0.1) is 0 Å². The maximum Gasteiger partial charge on any atom is 0.244 e. The van der Waals surface area contributed by atoms with Gasteiger partial charge in [0.2, 0.25) is 5.91 Å². The number of aliphatic imine (C=N–C) groups is 1. The summed E-state index contributed by atoms with van der Waals surface area (Å²) < 4.78 is 5.55. The monoisotopic (exact) mass is 226 g/mol. The lowest BCUT2D eigenvalue weighted by atomic mass is 10.2. The van der Waals surface area contributed by atoms with Crippen molar-refractivity contribution in [2.45, 2.75) is 65.1 Å². The van der Waals surface area contributed by atoms with Gasteiger partial charge in [-0.25, -0.2) is 4.99 Å². The molecule has 0 radical (unpaired) electrons. The van der Waals surface area contributed by atoms with Gasteiger partial charge in [0.05, 0.1) is 0 Å². The molecule has 1 N–H and O–H groups in total. The quantitative estimate of drug-likeness (QED) is 0.590. The van der Waals surface area contributed by atoms with Crippen LogP contribution in [-0.2, 0) is 9.53 Å². The third kappa shape index (κ3) is 5.14. The summed E-state index contributed by atoms with van der Waals surface area (Å²) in [5, 5.41) is 2.92. The number of hydrogen-bond donors (Lipinski definition) is 1. The summed E-state index contributed by atoms with van der Waals surface area (Å²) in [7, 11) is 0. The average Bonchev–Trinajstić information content (AvgIpc) is 2.83. The van der Waals surface area contributed by atoms with E-state index >= 15 is 0 Å². The summed E-state index contributed by atoms with van der Waals surface area (Å²) in [6.45, 7) is 9.45. The fourth-order valence-corrected chi connectivity index (χ4v) is 1.35. The number of nitrogens with one attached hydrogen (secondary N) is 1. The summed E-state index contributed by atoms with van der Waals surface area (Å²) in [5.41, 5.74) is -0.264. The highest BCUT2D eigenvalue weighted by atomic mass is 16.5. The number of carbonyl (C=O) groups is 1. The van der Waals surface area contributed by atoms with Crippen LogP contribution in [0.15, 0.2) is 4.99 Å². The lowest BCUT2D eigenvalue weighted by Gasteiger charge is -2.21. The van der Waals surface area contributed by atoms with Crippen molar-refractivity contribution in [3.63, 3.8) is 0 Å². The first-order valence-corrected chi connectivity index (χ1v) is 5.82. The minimum Gasteiger partial charge on any atom is -0.476 e. The van der Waals surface area contributed by atoms with Gasteiger partial charge in [-0.1, -0.05) is 0 Å². The summed E-state index contributed by atoms with van der Waals surface area (Å²) in [6.07, 6.45) is 2.19. The van der Waals surface area contributed by atoms with Crippen molar-refractivity contribution in [3.8, 4) is 0 Å². The zero-order chi connectivity index (χ0) is 12.3. The first kappa shape index (κ1) is 13.0. The highest BCUT2D eigenvalue weighted by Crippen LogP contribution is 2.18. The third-order valence-corrected chi connectivity index (χ3v) is 2.13. The number of rotatable bonds is 3. The maximum atomic E-state index is 11.6. The second-order valence-electron chi connectivity index (χ2n) is 5.32. The van der Waals surface area contributed by atoms with Crippen LogP contribution >= 0.6 is 0 Å². The number of hydrogen-bond acceptors (Lipinski definition) is 3. The Morgan fingerprint density at radius 2 is 2.00 bits per heavy atom. The second kappa shape index (κ2) is 4.85. The number of carbonyl (C=O) groups excluding carboxylic acids is 1. The second-order valence-corrected chi connectivity index (χ2v) is 5.32. The van der Waals surface area contributed by atoms with E-state index < -0.39 is 0 Å². The van der Waals surface area contributed by atoms with E-state index in [0.717, 1.165) is 12.8 Å². The number of amides is 1. The molecule has 0 heterocycles. The first-order valence-electron chi connectivity index (χ1n) is 5.82. The molecule has 0 bridgehead atoms. The molecule has 16 heavy (non-hydrogen) atoms. The van der Waals surface area contributed by atoms with E-state index in [0.29, 0.717) is 11.9 Å². The van der Waals surface area contributed by atoms with Crippen molar-refractivity contribution in [1.82, 2.24) is 5.32 Å². The molecule has 4 nitrogen and oxygen atoms in total. The van der Waals surface area contributed by atoms with Crippen LogP contribution in [0.3, 0.4) is 0 Å². The van der Waals surface area contributed by atoms with Crippen LogP contribution in [0, 0.1) is 0 Å². The molecule has 1 rings (SSSR count). The van der Waals surface area contributed by atoms with Crippen LogP contribution in [-0.4, -0.2) is 29.5 Å². The van der Waals surface area contributed by atoms with E-state index in [9.17, 15) is 4.79 Å². The van der Waals surface area contributed by atoms with E-state index in [1.54, 1.807) is 13.8 Å². The van der Waals surface area contributed by atoms with Gasteiger partial charge in [0, 0.05) is 13.0 Å². The minimum absolute atomic E-state index is 0.0145. The molecular weight excluding hydrogens is 204 g/mol. The Kier molecular flexibility index (Phi) is 3.94. The summed E-state index contributed by atoms with van der Waals surface area (Å²) >= 11 is 0. The van der Waals surface area contributed by atoms with Gasteiger partial charge in [0.1, 0.15) is 11.6 Å². The van der Waals surface area contributed by atoms with Crippen LogP contribution in [0.1, 0.15) is 47.5 Å². The first-order chi connectivity index (χ1) is 7.28. The predicted molar refractivity (Wildman–Crippen MR) is 64.6 cm³/mol. The van der Waals surface area contributed by atoms with Crippen molar-refractivity contribution < 1.29 is 9.53 Å². The molecule has 0 aromatic rings. The van der Waals surface area contributed by atoms with Crippen LogP contribution in [0.4, 0.5) is 0 Å². The SMILES string of the molecule is CC(=NC(C)C(=O)NC1CC1)OC(C)(C)C. The number of ether oxygens (including phenoxy) is 1. The Bertz CT molecular complexity index is 288. The van der Waals surface area contributed by atoms with E-state index in [-0.39, 0.29) is 17.6 Å². The topological polar surface area (TPSA) is 50.7 Å². The molecule has 1 atom stereocenters. The summed E-state index contributed by atoms with van der Waals surface area (Å²) in [4.78, 5) is 15.8. The molecule has 92 valence electrons. The summed E-state index contributed by atoms with van der Waals surface area (Å²) in [6, 6.07) is 0.0111. The molecule has 1 unspecified atom stereocenters. The van der Waals surface area contributed by atoms with Gasteiger partial charge in [-0.05, 0) is 40.5 Å². The average molecular weight is 226 g/mol. The normalized spacial score (nSPS) is 19.2. The molecule has 1 aliphatic carbocycles. The lowest BCUT2D eigenvalue weighted by molar-refractivity contribution is -0.122. The smallest absolute Gasteiger partial charge is 0.244 e. The van der Waals surface area contributed by atoms with Gasteiger partial charge in [0.25, 0.3) is 0 Å². The van der Waals surface area contributed by atoms with E-state index in [2.05, 4.69) is 10.3 Å². The molecular formula is C12H22N2O2. The van der Waals surface area contributed by atoms with Gasteiger partial charge in [0.15, 0.2) is 5.90 Å². The Morgan fingerprint density at radius 1 is 1.44 bits per heavy atom. The molecule has 0 saturated heterocycles. The van der Waals surface area contributed by atoms with Crippen molar-refractivity contribution in [1.29, 1.82) is 0 Å². The van der Waals surface area contributed by atoms with Crippen molar-refractivity contribution in [2.75, 3.05) is 0 Å². The van der Waals surface area contributed by atoms with Gasteiger partial charge < -0.3 is 10.1 Å². The molecule has 4 heteroatoms. The van der Waals surface area contributed by atoms with Gasteiger partial charge in [-0.2, -0.15) is 0 Å². The van der Waals surface area contributed by atoms with Crippen molar-refractivity contribution in [2.24, 2.45) is 4.99 Å². The van der Waals surface area contributed by atoms with E-state index in [4.69, 9.17) is 4.74 Å². The molecule has 0 aliphatic heterocycles. The van der Waals surface area contributed by atoms with Gasteiger partial charge >= 0.3 is 0 Å². The lowest BCUT2D eigenvalue weighted by Crippen LogP contribution is -2.34. The van der Waals surface area contributed by atoms with Crippen LogP contribution < -0.4 is 5.32 Å². The highest BCUT2D eigenvalue weighted by Gasteiger charge is 2.25. The van der Waals surface area contributed by atoms with Crippen molar-refractivity contribution in [3.05, 3.63) is 0 Å². The van der Waals surface area contributed by atoms with Crippen LogP contribution in [0.2, 0.25) is 0 Å². The van der Waals surface area contributed by atoms with Gasteiger partial charge in [-0.3, -0.25) is 4.79 Å². The fraction of sp³-hybridized carbons (Fsp3) is 0.833. The molecule has 1 saturated carbocycles. The zero-order valence-corrected chi connectivity index (χ0v) is 10.8. The van der Waals surface area contributed by atoms with E-state index in [1.807, 2.05) is 20.8 Å². The Hall–Kier alpha value is -1.06.